The van der Waals surface area contributed by atoms with Crippen LogP contribution in [0.5, 0.6) is 0 Å². The third kappa shape index (κ3) is 5.68. The smallest absolute Gasteiger partial charge is 0.550 e. The van der Waals surface area contributed by atoms with Crippen LogP contribution in [0.25, 0.3) is 0 Å². The summed E-state index contributed by atoms with van der Waals surface area (Å²) in [6, 6.07) is 0. The van der Waals surface area contributed by atoms with Crippen molar-refractivity contribution in [2.24, 2.45) is 0 Å². The second-order valence-electron chi connectivity index (χ2n) is 1.65. The van der Waals surface area contributed by atoms with Crippen molar-refractivity contribution in [2.75, 3.05) is 0 Å². The third-order valence-electron chi connectivity index (χ3n) is 0.718. The topological polar surface area (TPSA) is 80.3 Å². The SMILES string of the molecule is O=C([O-])CC(S)(S)C(=O)[O-].[Sn+2]. The van der Waals surface area contributed by atoms with Gasteiger partial charge in [-0.1, -0.05) is 0 Å². The zero-order valence-electron chi connectivity index (χ0n) is 5.23. The zero-order chi connectivity index (χ0) is 8.36. The molecule has 0 aromatic heterocycles. The molecule has 0 atom stereocenters. The first kappa shape index (κ1) is 14.0. The Labute approximate surface area is 91.1 Å². The minimum absolute atomic E-state index is 0. The van der Waals surface area contributed by atoms with Crippen LogP contribution in [0.4, 0.5) is 0 Å². The first-order valence-corrected chi connectivity index (χ1v) is 3.12. The zero-order valence-corrected chi connectivity index (χ0v) is 9.88. The number of carboxylic acids is 2. The minimum atomic E-state index is -1.95. The molecule has 0 rings (SSSR count). The van der Waals surface area contributed by atoms with E-state index in [1.807, 2.05) is 0 Å². The van der Waals surface area contributed by atoms with Crippen LogP contribution in [-0.2, 0) is 9.59 Å². The predicted molar refractivity (Wildman–Crippen MR) is 41.1 cm³/mol. The maximum Gasteiger partial charge on any atom is 2.00 e. The molecule has 0 aromatic carbocycles. The summed E-state index contributed by atoms with van der Waals surface area (Å²) < 4.78 is -1.95. The van der Waals surface area contributed by atoms with Gasteiger partial charge in [-0.05, 0) is 0 Å². The Morgan fingerprint density at radius 1 is 1.27 bits per heavy atom. The van der Waals surface area contributed by atoms with Gasteiger partial charge in [-0.15, -0.1) is 0 Å². The summed E-state index contributed by atoms with van der Waals surface area (Å²) >= 11 is 6.80. The molecule has 0 fully saturated rings. The van der Waals surface area contributed by atoms with E-state index in [-0.39, 0.29) is 23.9 Å². The molecule has 0 amide bonds. The van der Waals surface area contributed by atoms with E-state index in [9.17, 15) is 19.8 Å². The molecule has 0 aliphatic carbocycles. The quantitative estimate of drug-likeness (QED) is 0.332. The van der Waals surface area contributed by atoms with Crippen LogP contribution in [0.3, 0.4) is 0 Å². The summed E-state index contributed by atoms with van der Waals surface area (Å²) in [6.07, 6.45) is -0.790. The van der Waals surface area contributed by atoms with Crippen LogP contribution in [-0.4, -0.2) is 39.9 Å². The Kier molecular flexibility index (Phi) is 6.55. The minimum Gasteiger partial charge on any atom is -0.550 e. The molecule has 0 heterocycles. The number of hydrogen-bond acceptors (Lipinski definition) is 6. The Bertz CT molecular complexity index is 169. The van der Waals surface area contributed by atoms with Crippen LogP contribution < -0.4 is 10.2 Å². The van der Waals surface area contributed by atoms with Crippen molar-refractivity contribution >= 4 is 61.1 Å². The summed E-state index contributed by atoms with van der Waals surface area (Å²) in [4.78, 5) is 19.8. The molecule has 0 N–H and O–H groups in total. The van der Waals surface area contributed by atoms with Crippen molar-refractivity contribution in [3.63, 3.8) is 0 Å². The van der Waals surface area contributed by atoms with Crippen molar-refractivity contribution in [3.05, 3.63) is 0 Å². The number of aliphatic carboxylic acids is 2. The normalized spacial score (nSPS) is 10.0. The fourth-order valence-electron chi connectivity index (χ4n) is 0.273. The molecule has 0 saturated heterocycles. The second kappa shape index (κ2) is 5.15. The molecule has 0 spiro atoms. The van der Waals surface area contributed by atoms with Crippen LogP contribution in [0.1, 0.15) is 6.42 Å². The van der Waals surface area contributed by atoms with E-state index in [1.165, 1.54) is 0 Å². The number of carbonyl (C=O) groups is 2. The third-order valence-corrected chi connectivity index (χ3v) is 1.40. The van der Waals surface area contributed by atoms with Gasteiger partial charge in [-0.25, -0.2) is 0 Å². The van der Waals surface area contributed by atoms with E-state index in [2.05, 4.69) is 25.3 Å². The van der Waals surface area contributed by atoms with Gasteiger partial charge >= 0.3 is 23.9 Å². The number of carbonyl (C=O) groups excluding carboxylic acids is 2. The van der Waals surface area contributed by atoms with Gasteiger partial charge in [-0.3, -0.25) is 0 Å². The van der Waals surface area contributed by atoms with Crippen LogP contribution >= 0.6 is 25.3 Å². The molecule has 0 aliphatic rings. The van der Waals surface area contributed by atoms with E-state index in [0.717, 1.165) is 0 Å². The molecule has 11 heavy (non-hydrogen) atoms. The van der Waals surface area contributed by atoms with Gasteiger partial charge < -0.3 is 19.8 Å². The summed E-state index contributed by atoms with van der Waals surface area (Å²) in [7, 11) is 0. The molecule has 0 aromatic rings. The van der Waals surface area contributed by atoms with Crippen molar-refractivity contribution in [3.8, 4) is 0 Å². The fraction of sp³-hybridized carbons (Fsp3) is 0.500. The van der Waals surface area contributed by atoms with E-state index in [1.54, 1.807) is 0 Å². The van der Waals surface area contributed by atoms with Crippen molar-refractivity contribution in [1.29, 1.82) is 0 Å². The monoisotopic (exact) mass is 300 g/mol. The largest absolute Gasteiger partial charge is 2.00 e. The molecule has 0 saturated carbocycles. The van der Waals surface area contributed by atoms with E-state index in [4.69, 9.17) is 0 Å². The van der Waals surface area contributed by atoms with Crippen LogP contribution in [0.15, 0.2) is 0 Å². The van der Waals surface area contributed by atoms with Gasteiger partial charge in [0.05, 0.1) is 10.0 Å². The molecular weight excluding hydrogens is 295 g/mol. The summed E-state index contributed by atoms with van der Waals surface area (Å²) in [5.74, 6) is -3.18. The average Bonchev–Trinajstić information content (AvgIpc) is 1.60. The summed E-state index contributed by atoms with van der Waals surface area (Å²) in [5.41, 5.74) is 0. The predicted octanol–water partition coefficient (Wildman–Crippen LogP) is -2.95. The standard InChI is InChI=1S/C4H6O4S2.Sn/c5-2(6)1-4(9,10)3(7)8;/h9-10H,1H2,(H,5,6)(H,7,8);/q;+2/p-2. The van der Waals surface area contributed by atoms with Gasteiger partial charge in [0, 0.05) is 12.4 Å². The summed E-state index contributed by atoms with van der Waals surface area (Å²) in [6.45, 7) is 0. The van der Waals surface area contributed by atoms with Crippen molar-refractivity contribution < 1.29 is 19.8 Å². The molecule has 0 aliphatic heterocycles. The Balaban J connectivity index is 0. The number of thiol groups is 2. The first-order chi connectivity index (χ1) is 4.36. The summed E-state index contributed by atoms with van der Waals surface area (Å²) in [5, 5.41) is 19.8. The van der Waals surface area contributed by atoms with Crippen molar-refractivity contribution in [2.45, 2.75) is 10.5 Å². The molecule has 0 bridgehead atoms. The Morgan fingerprint density at radius 3 is 1.73 bits per heavy atom. The van der Waals surface area contributed by atoms with Crippen LogP contribution in [0.2, 0.25) is 0 Å². The molecule has 60 valence electrons. The van der Waals surface area contributed by atoms with E-state index in [0.29, 0.717) is 0 Å². The van der Waals surface area contributed by atoms with Gasteiger partial charge in [0.15, 0.2) is 0 Å². The number of hydrogen-bond donors (Lipinski definition) is 2. The maximum atomic E-state index is 10.0. The van der Waals surface area contributed by atoms with Gasteiger partial charge in [0.2, 0.25) is 0 Å². The molecular formula is C4H4O4S2Sn. The van der Waals surface area contributed by atoms with Crippen molar-refractivity contribution in [1.82, 2.24) is 0 Å². The first-order valence-electron chi connectivity index (χ1n) is 2.22. The van der Waals surface area contributed by atoms with Gasteiger partial charge in [0.25, 0.3) is 0 Å². The van der Waals surface area contributed by atoms with Gasteiger partial charge in [-0.2, -0.15) is 25.3 Å². The Morgan fingerprint density at radius 2 is 1.64 bits per heavy atom. The maximum absolute atomic E-state index is 10.0. The Hall–Kier alpha value is 0.439. The molecule has 0 unspecified atom stereocenters. The second-order valence-corrected chi connectivity index (χ2v) is 3.53. The average molecular weight is 299 g/mol. The van der Waals surface area contributed by atoms with E-state index < -0.39 is 22.4 Å². The van der Waals surface area contributed by atoms with Crippen LogP contribution in [0, 0.1) is 0 Å². The molecule has 2 radical (unpaired) electrons. The molecule has 7 heteroatoms. The van der Waals surface area contributed by atoms with Gasteiger partial charge in [0.1, 0.15) is 0 Å². The fourth-order valence-corrected chi connectivity index (χ4v) is 0.532. The number of rotatable bonds is 3. The van der Waals surface area contributed by atoms with E-state index >= 15 is 0 Å². The molecule has 4 nitrogen and oxygen atoms in total. The number of carboxylic acid groups (broad SMARTS) is 2.